The van der Waals surface area contributed by atoms with Crippen molar-refractivity contribution in [1.82, 2.24) is 14.8 Å². The average molecular weight is 425 g/mol. The molecule has 0 fully saturated rings. The Morgan fingerprint density at radius 2 is 1.69 bits per heavy atom. The highest BCUT2D eigenvalue weighted by atomic mass is 16.5. The van der Waals surface area contributed by atoms with Gasteiger partial charge in [0.2, 0.25) is 5.60 Å². The number of rotatable bonds is 9. The average Bonchev–Trinajstić information content (AvgIpc) is 3.34. The zero-order chi connectivity index (χ0) is 22.2. The summed E-state index contributed by atoms with van der Waals surface area (Å²) in [4.78, 5) is 17.2. The molecular weight excluding hydrogens is 402 g/mol. The molecule has 0 aliphatic heterocycles. The molecule has 0 saturated carbocycles. The largest absolute Gasteiger partial charge is 0.478 e. The third-order valence-corrected chi connectivity index (χ3v) is 5.16. The molecule has 0 aliphatic rings. The molecule has 2 atom stereocenters. The number of ether oxygens (including phenoxy) is 1. The Morgan fingerprint density at radius 3 is 2.31 bits per heavy atom. The fourth-order valence-electron chi connectivity index (χ4n) is 3.74. The van der Waals surface area contributed by atoms with Gasteiger partial charge in [-0.25, -0.2) is 4.79 Å². The van der Waals surface area contributed by atoms with Gasteiger partial charge in [-0.3, -0.25) is 9.67 Å². The molecular formula is C26H23N3O3. The molecule has 2 heterocycles. The van der Waals surface area contributed by atoms with E-state index < -0.39 is 17.5 Å². The molecule has 0 aliphatic carbocycles. The Bertz CT molecular complexity index is 1110. The van der Waals surface area contributed by atoms with Crippen LogP contribution in [0.2, 0.25) is 0 Å². The van der Waals surface area contributed by atoms with E-state index in [1.807, 2.05) is 66.9 Å². The van der Waals surface area contributed by atoms with Crippen LogP contribution in [-0.2, 0) is 11.3 Å². The van der Waals surface area contributed by atoms with Crippen LogP contribution in [0.5, 0.6) is 5.75 Å². The molecule has 0 amide bonds. The Hall–Kier alpha value is -4.19. The molecule has 1 N–H and O–H groups in total. The lowest BCUT2D eigenvalue weighted by Crippen LogP contribution is -2.49. The monoisotopic (exact) mass is 425 g/mol. The van der Waals surface area contributed by atoms with E-state index in [1.54, 1.807) is 53.6 Å². The summed E-state index contributed by atoms with van der Waals surface area (Å²) in [6, 6.07) is 24.0. The minimum atomic E-state index is -1.72. The van der Waals surface area contributed by atoms with Crippen molar-refractivity contribution in [3.8, 4) is 5.75 Å². The van der Waals surface area contributed by atoms with Gasteiger partial charge in [0, 0.05) is 24.8 Å². The fourth-order valence-corrected chi connectivity index (χ4v) is 3.74. The van der Waals surface area contributed by atoms with Gasteiger partial charge in [-0.2, -0.15) is 5.10 Å². The smallest absolute Gasteiger partial charge is 0.353 e. The van der Waals surface area contributed by atoms with Crippen molar-refractivity contribution in [2.45, 2.75) is 18.1 Å². The van der Waals surface area contributed by atoms with Crippen LogP contribution >= 0.6 is 0 Å². The molecule has 0 radical (unpaired) electrons. The number of aromatic nitrogens is 3. The SMILES string of the molecule is O=C(O)C(C=CCn1cccn1)(Oc1ccccc1)C(c1ccccc1)c1cccnc1. The van der Waals surface area contributed by atoms with Crippen LogP contribution in [-0.4, -0.2) is 31.4 Å². The molecule has 32 heavy (non-hydrogen) atoms. The molecule has 4 aromatic rings. The lowest BCUT2D eigenvalue weighted by molar-refractivity contribution is -0.152. The molecule has 6 heteroatoms. The number of allylic oxidation sites excluding steroid dienone is 1. The summed E-state index contributed by atoms with van der Waals surface area (Å²) in [5.41, 5.74) is -0.179. The molecule has 0 saturated heterocycles. The van der Waals surface area contributed by atoms with Crippen LogP contribution in [0.25, 0.3) is 0 Å². The van der Waals surface area contributed by atoms with E-state index in [-0.39, 0.29) is 0 Å². The van der Waals surface area contributed by atoms with Crippen molar-refractivity contribution in [3.05, 3.63) is 127 Å². The van der Waals surface area contributed by atoms with Crippen molar-refractivity contribution in [3.63, 3.8) is 0 Å². The number of hydrogen-bond donors (Lipinski definition) is 1. The zero-order valence-electron chi connectivity index (χ0n) is 17.4. The van der Waals surface area contributed by atoms with E-state index in [0.29, 0.717) is 12.3 Å². The summed E-state index contributed by atoms with van der Waals surface area (Å²) in [5.74, 6) is -1.29. The number of aliphatic carboxylic acids is 1. The second-order valence-corrected chi connectivity index (χ2v) is 7.27. The predicted molar refractivity (Wildman–Crippen MR) is 121 cm³/mol. The number of hydrogen-bond acceptors (Lipinski definition) is 4. The van der Waals surface area contributed by atoms with Gasteiger partial charge < -0.3 is 9.84 Å². The van der Waals surface area contributed by atoms with E-state index >= 15 is 0 Å². The third-order valence-electron chi connectivity index (χ3n) is 5.16. The number of benzene rings is 2. The maximum absolute atomic E-state index is 13.0. The summed E-state index contributed by atoms with van der Waals surface area (Å²) in [6.07, 6.45) is 10.2. The van der Waals surface area contributed by atoms with Gasteiger partial charge in [-0.1, -0.05) is 60.7 Å². The quantitative estimate of drug-likeness (QED) is 0.398. The molecule has 0 spiro atoms. The van der Waals surface area contributed by atoms with Gasteiger partial charge in [-0.05, 0) is 41.5 Å². The van der Waals surface area contributed by atoms with Gasteiger partial charge in [0.05, 0.1) is 12.5 Å². The number of para-hydroxylation sites is 1. The molecule has 2 aromatic heterocycles. The van der Waals surface area contributed by atoms with Crippen molar-refractivity contribution >= 4 is 5.97 Å². The number of carboxylic acids is 1. The maximum atomic E-state index is 13.0. The molecule has 160 valence electrons. The first kappa shape index (κ1) is 21.1. The number of carboxylic acid groups (broad SMARTS) is 1. The van der Waals surface area contributed by atoms with Gasteiger partial charge in [0.25, 0.3) is 0 Å². The van der Waals surface area contributed by atoms with Crippen LogP contribution in [0.15, 0.2) is 116 Å². The van der Waals surface area contributed by atoms with Crippen LogP contribution in [0, 0.1) is 0 Å². The van der Waals surface area contributed by atoms with Crippen molar-refractivity contribution in [2.24, 2.45) is 0 Å². The van der Waals surface area contributed by atoms with Gasteiger partial charge in [0.15, 0.2) is 0 Å². The Morgan fingerprint density at radius 1 is 0.969 bits per heavy atom. The second kappa shape index (κ2) is 9.75. The van der Waals surface area contributed by atoms with E-state index in [1.165, 1.54) is 0 Å². The van der Waals surface area contributed by atoms with Gasteiger partial charge in [-0.15, -0.1) is 0 Å². The van der Waals surface area contributed by atoms with Crippen LogP contribution < -0.4 is 4.74 Å². The molecule has 4 rings (SSSR count). The number of nitrogens with zero attached hydrogens (tertiary/aromatic N) is 3. The standard InChI is InChI=1S/C26H23N3O3/c30-25(31)26(32-23-13-5-2-6-14-23,15-8-18-29-19-9-17-28-29)24(21-10-3-1-4-11-21)22-12-7-16-27-20-22/h1-17,19-20,24H,18H2,(H,30,31). The topological polar surface area (TPSA) is 77.2 Å². The highest BCUT2D eigenvalue weighted by molar-refractivity contribution is 5.83. The normalized spacial score (nSPS) is 14.0. The first-order valence-corrected chi connectivity index (χ1v) is 10.3. The molecule has 6 nitrogen and oxygen atoms in total. The summed E-state index contributed by atoms with van der Waals surface area (Å²) in [7, 11) is 0. The van der Waals surface area contributed by atoms with E-state index in [9.17, 15) is 9.90 Å². The predicted octanol–water partition coefficient (Wildman–Crippen LogP) is 4.57. The van der Waals surface area contributed by atoms with E-state index in [4.69, 9.17) is 4.74 Å². The maximum Gasteiger partial charge on any atom is 0.353 e. The Balaban J connectivity index is 1.87. The lowest BCUT2D eigenvalue weighted by Gasteiger charge is -2.36. The first-order valence-electron chi connectivity index (χ1n) is 10.3. The molecule has 2 unspecified atom stereocenters. The number of carbonyl (C=O) groups is 1. The van der Waals surface area contributed by atoms with Crippen LogP contribution in [0.4, 0.5) is 0 Å². The zero-order valence-corrected chi connectivity index (χ0v) is 17.4. The van der Waals surface area contributed by atoms with Crippen molar-refractivity contribution in [1.29, 1.82) is 0 Å². The van der Waals surface area contributed by atoms with E-state index in [2.05, 4.69) is 10.1 Å². The van der Waals surface area contributed by atoms with Gasteiger partial charge >= 0.3 is 5.97 Å². The Kier molecular flexibility index (Phi) is 6.41. The number of pyridine rings is 1. The Labute approximate surface area is 186 Å². The summed E-state index contributed by atoms with van der Waals surface area (Å²) >= 11 is 0. The lowest BCUT2D eigenvalue weighted by atomic mass is 9.77. The van der Waals surface area contributed by atoms with Gasteiger partial charge in [0.1, 0.15) is 5.75 Å². The summed E-state index contributed by atoms with van der Waals surface area (Å²) in [6.45, 7) is 0.411. The van der Waals surface area contributed by atoms with Crippen molar-refractivity contribution < 1.29 is 14.6 Å². The van der Waals surface area contributed by atoms with E-state index in [0.717, 1.165) is 11.1 Å². The summed E-state index contributed by atoms with van der Waals surface area (Å²) in [5, 5.41) is 14.8. The van der Waals surface area contributed by atoms with Crippen LogP contribution in [0.1, 0.15) is 17.0 Å². The molecule has 0 bridgehead atoms. The fraction of sp³-hybridized carbons (Fsp3) is 0.115. The first-order chi connectivity index (χ1) is 15.7. The second-order valence-electron chi connectivity index (χ2n) is 7.27. The minimum absolute atomic E-state index is 0.411. The minimum Gasteiger partial charge on any atom is -0.478 e. The third kappa shape index (κ3) is 4.59. The summed E-state index contributed by atoms with van der Waals surface area (Å²) < 4.78 is 8.03. The van der Waals surface area contributed by atoms with Crippen LogP contribution in [0.3, 0.4) is 0 Å². The highest BCUT2D eigenvalue weighted by Gasteiger charge is 2.48. The highest BCUT2D eigenvalue weighted by Crippen LogP contribution is 2.39. The molecule has 2 aromatic carbocycles. The van der Waals surface area contributed by atoms with Crippen molar-refractivity contribution in [2.75, 3.05) is 0 Å².